The molecule has 156 valence electrons. The Morgan fingerprint density at radius 2 is 2.07 bits per heavy atom. The first kappa shape index (κ1) is 21.7. The number of nitrogens with zero attached hydrogens (tertiary/aromatic N) is 2. The van der Waals surface area contributed by atoms with Gasteiger partial charge >= 0.3 is 5.69 Å². The Labute approximate surface area is 166 Å². The third-order valence-electron chi connectivity index (χ3n) is 3.55. The number of anilines is 1. The zero-order chi connectivity index (χ0) is 21.1. The third-order valence-corrected chi connectivity index (χ3v) is 3.55. The fourth-order valence-electron chi connectivity index (χ4n) is 2.17. The van der Waals surface area contributed by atoms with Crippen LogP contribution in [-0.2, 0) is 4.79 Å². The van der Waals surface area contributed by atoms with Gasteiger partial charge in [-0.2, -0.15) is 5.10 Å². The molecule has 29 heavy (non-hydrogen) atoms. The van der Waals surface area contributed by atoms with Gasteiger partial charge in [0.1, 0.15) is 0 Å². The molecule has 0 aliphatic carbocycles. The van der Waals surface area contributed by atoms with Crippen LogP contribution in [0.25, 0.3) is 0 Å². The van der Waals surface area contributed by atoms with E-state index in [1.54, 1.807) is 18.2 Å². The number of H-pyrrole nitrogens is 2. The molecular formula is C18H24N6O5. The summed E-state index contributed by atoms with van der Waals surface area (Å²) in [5.74, 6) is 0.579. The van der Waals surface area contributed by atoms with Crippen molar-refractivity contribution in [3.63, 3.8) is 0 Å². The second-order valence-electron chi connectivity index (χ2n) is 5.84. The van der Waals surface area contributed by atoms with Crippen molar-refractivity contribution >= 4 is 17.9 Å². The Morgan fingerprint density at radius 3 is 2.79 bits per heavy atom. The molecule has 0 atom stereocenters. The first-order valence-corrected chi connectivity index (χ1v) is 9.18. The smallest absolute Gasteiger partial charge is 0.342 e. The number of unbranched alkanes of at least 4 members (excludes halogenated alkanes) is 1. The maximum Gasteiger partial charge on any atom is 0.342 e. The van der Waals surface area contributed by atoms with Crippen molar-refractivity contribution in [3.05, 3.63) is 44.6 Å². The second kappa shape index (κ2) is 11.3. The van der Waals surface area contributed by atoms with Gasteiger partial charge < -0.3 is 14.8 Å². The average Bonchev–Trinajstić information content (AvgIpc) is 2.69. The topological polar surface area (TPSA) is 151 Å². The number of carbonyl (C=O) groups excluding carboxylic acids is 1. The van der Waals surface area contributed by atoms with Crippen LogP contribution in [-0.4, -0.2) is 47.1 Å². The molecule has 0 aliphatic rings. The van der Waals surface area contributed by atoms with E-state index in [0.717, 1.165) is 12.8 Å². The first-order valence-electron chi connectivity index (χ1n) is 9.18. The quantitative estimate of drug-likeness (QED) is 0.243. The van der Waals surface area contributed by atoms with E-state index in [9.17, 15) is 14.4 Å². The minimum atomic E-state index is -0.734. The average molecular weight is 404 g/mol. The van der Waals surface area contributed by atoms with Gasteiger partial charge in [-0.25, -0.2) is 15.3 Å². The molecule has 11 heteroatoms. The largest absolute Gasteiger partial charge is 0.490 e. The van der Waals surface area contributed by atoms with E-state index in [4.69, 9.17) is 9.47 Å². The first-order chi connectivity index (χ1) is 14.0. The number of hydrogen-bond acceptors (Lipinski definition) is 8. The molecule has 1 heterocycles. The van der Waals surface area contributed by atoms with Crippen molar-refractivity contribution in [1.82, 2.24) is 20.6 Å². The normalized spacial score (nSPS) is 10.7. The summed E-state index contributed by atoms with van der Waals surface area (Å²) in [5, 5.41) is 11.9. The fourth-order valence-corrected chi connectivity index (χ4v) is 2.17. The van der Waals surface area contributed by atoms with Gasteiger partial charge in [-0.1, -0.05) is 13.3 Å². The van der Waals surface area contributed by atoms with Crippen LogP contribution in [0.5, 0.6) is 11.5 Å². The van der Waals surface area contributed by atoms with Crippen molar-refractivity contribution in [3.8, 4) is 11.5 Å². The number of aromatic nitrogens is 3. The zero-order valence-electron chi connectivity index (χ0n) is 16.3. The van der Waals surface area contributed by atoms with Gasteiger partial charge in [0, 0.05) is 0 Å². The Morgan fingerprint density at radius 1 is 1.24 bits per heavy atom. The molecule has 0 aliphatic heterocycles. The lowest BCUT2D eigenvalue weighted by Crippen LogP contribution is -2.31. The predicted molar refractivity (Wildman–Crippen MR) is 108 cm³/mol. The van der Waals surface area contributed by atoms with Crippen LogP contribution < -0.4 is 31.5 Å². The Bertz CT molecular complexity index is 952. The lowest BCUT2D eigenvalue weighted by molar-refractivity contribution is -0.119. The minimum absolute atomic E-state index is 0.177. The highest BCUT2D eigenvalue weighted by atomic mass is 16.5. The summed E-state index contributed by atoms with van der Waals surface area (Å²) >= 11 is 0. The Kier molecular flexibility index (Phi) is 8.42. The summed E-state index contributed by atoms with van der Waals surface area (Å²) in [6.45, 7) is 4.82. The van der Waals surface area contributed by atoms with Crippen LogP contribution in [0.3, 0.4) is 0 Å². The molecule has 0 unspecified atom stereocenters. The van der Waals surface area contributed by atoms with Crippen LogP contribution in [0.2, 0.25) is 0 Å². The molecular weight excluding hydrogens is 380 g/mol. The van der Waals surface area contributed by atoms with Crippen LogP contribution in [0, 0.1) is 0 Å². The van der Waals surface area contributed by atoms with Gasteiger partial charge in [0.15, 0.2) is 11.5 Å². The van der Waals surface area contributed by atoms with Gasteiger partial charge in [-0.15, -0.1) is 5.10 Å². The zero-order valence-corrected chi connectivity index (χ0v) is 16.3. The molecule has 0 saturated carbocycles. The van der Waals surface area contributed by atoms with E-state index in [0.29, 0.717) is 30.3 Å². The van der Waals surface area contributed by atoms with E-state index in [1.165, 1.54) is 6.21 Å². The standard InChI is InChI=1S/C18H24N6O5/c1-3-5-8-29-13-7-6-12(9-14(13)28-4-2)10-20-22-15(25)11-19-16-17(26)21-18(27)24-23-16/h6-7,9-10H,3-5,8,11H2,1-2H3,(H,19,23)(H,22,25)(H2,21,24,26,27)/b20-10+. The number of carbonyl (C=O) groups is 1. The Hall–Kier alpha value is -3.63. The van der Waals surface area contributed by atoms with Crippen LogP contribution in [0.15, 0.2) is 32.9 Å². The fraction of sp³-hybridized carbons (Fsp3) is 0.389. The van der Waals surface area contributed by atoms with Crippen molar-refractivity contribution in [1.29, 1.82) is 0 Å². The molecule has 2 aromatic rings. The molecule has 1 aromatic carbocycles. The highest BCUT2D eigenvalue weighted by Crippen LogP contribution is 2.28. The number of amides is 1. The maximum absolute atomic E-state index is 11.8. The summed E-state index contributed by atoms with van der Waals surface area (Å²) in [7, 11) is 0. The van der Waals surface area contributed by atoms with Crippen LogP contribution in [0.1, 0.15) is 32.3 Å². The van der Waals surface area contributed by atoms with E-state index in [1.807, 2.05) is 11.9 Å². The Balaban J connectivity index is 1.91. The van der Waals surface area contributed by atoms with E-state index in [2.05, 4.69) is 33.0 Å². The number of hydrazone groups is 1. The van der Waals surface area contributed by atoms with E-state index in [-0.39, 0.29) is 12.4 Å². The van der Waals surface area contributed by atoms with E-state index < -0.39 is 17.2 Å². The summed E-state index contributed by atoms with van der Waals surface area (Å²) in [6, 6.07) is 5.35. The minimum Gasteiger partial charge on any atom is -0.490 e. The molecule has 1 amide bonds. The maximum atomic E-state index is 11.8. The molecule has 0 radical (unpaired) electrons. The number of ether oxygens (including phenoxy) is 2. The van der Waals surface area contributed by atoms with Crippen molar-refractivity contribution in [2.24, 2.45) is 5.10 Å². The molecule has 1 aromatic heterocycles. The molecule has 0 fully saturated rings. The lowest BCUT2D eigenvalue weighted by Gasteiger charge is -2.12. The van der Waals surface area contributed by atoms with Gasteiger partial charge in [0.05, 0.1) is 26.0 Å². The van der Waals surface area contributed by atoms with Gasteiger partial charge in [-0.3, -0.25) is 14.6 Å². The number of benzene rings is 1. The van der Waals surface area contributed by atoms with Crippen molar-refractivity contribution in [2.45, 2.75) is 26.7 Å². The number of rotatable bonds is 11. The molecule has 2 rings (SSSR count). The second-order valence-corrected chi connectivity index (χ2v) is 5.84. The number of aromatic amines is 2. The van der Waals surface area contributed by atoms with Gasteiger partial charge in [0.2, 0.25) is 5.82 Å². The van der Waals surface area contributed by atoms with E-state index >= 15 is 0 Å². The van der Waals surface area contributed by atoms with Crippen LogP contribution >= 0.6 is 0 Å². The van der Waals surface area contributed by atoms with Crippen molar-refractivity contribution in [2.75, 3.05) is 25.1 Å². The molecule has 4 N–H and O–H groups in total. The molecule has 0 spiro atoms. The highest BCUT2D eigenvalue weighted by molar-refractivity contribution is 5.84. The molecule has 0 saturated heterocycles. The molecule has 0 bridgehead atoms. The summed E-state index contributed by atoms with van der Waals surface area (Å²) in [5.41, 5.74) is 1.57. The van der Waals surface area contributed by atoms with Crippen molar-refractivity contribution < 1.29 is 14.3 Å². The molecule has 11 nitrogen and oxygen atoms in total. The lowest BCUT2D eigenvalue weighted by atomic mass is 10.2. The monoisotopic (exact) mass is 404 g/mol. The van der Waals surface area contributed by atoms with Gasteiger partial charge in [-0.05, 0) is 37.1 Å². The summed E-state index contributed by atoms with van der Waals surface area (Å²) < 4.78 is 11.3. The number of nitrogens with one attached hydrogen (secondary N) is 4. The highest BCUT2D eigenvalue weighted by Gasteiger charge is 2.07. The summed E-state index contributed by atoms with van der Waals surface area (Å²) in [6.07, 6.45) is 3.45. The van der Waals surface area contributed by atoms with Gasteiger partial charge in [0.25, 0.3) is 11.5 Å². The number of hydrogen-bond donors (Lipinski definition) is 4. The SMILES string of the molecule is CCCCOc1ccc(/C=N/NC(=O)CNc2n[nH]c(=O)[nH]c2=O)cc1OCC. The van der Waals surface area contributed by atoms with Crippen LogP contribution in [0.4, 0.5) is 5.82 Å². The predicted octanol–water partition coefficient (Wildman–Crippen LogP) is 0.598. The summed E-state index contributed by atoms with van der Waals surface area (Å²) in [4.78, 5) is 36.2. The third kappa shape index (κ3) is 7.13.